The van der Waals surface area contributed by atoms with E-state index in [0.29, 0.717) is 5.92 Å². The van der Waals surface area contributed by atoms with E-state index in [1.54, 1.807) is 0 Å². The fourth-order valence-corrected chi connectivity index (χ4v) is 1.85. The molecule has 0 fully saturated rings. The number of nitrogens with zero attached hydrogens (tertiary/aromatic N) is 3. The van der Waals surface area contributed by atoms with E-state index in [1.165, 1.54) is 5.56 Å². The van der Waals surface area contributed by atoms with E-state index in [4.69, 9.17) is 5.73 Å². The molecular weight excluding hydrogens is 212 g/mol. The van der Waals surface area contributed by atoms with Gasteiger partial charge in [0.1, 0.15) is 5.82 Å². The van der Waals surface area contributed by atoms with Crippen molar-refractivity contribution in [3.8, 4) is 0 Å². The summed E-state index contributed by atoms with van der Waals surface area (Å²) in [6, 6.07) is 7.84. The molecule has 0 spiro atoms. The van der Waals surface area contributed by atoms with E-state index < -0.39 is 0 Å². The molecule has 17 heavy (non-hydrogen) atoms. The van der Waals surface area contributed by atoms with Gasteiger partial charge in [-0.1, -0.05) is 26.0 Å². The zero-order valence-electron chi connectivity index (χ0n) is 10.5. The van der Waals surface area contributed by atoms with Crippen LogP contribution < -0.4 is 5.73 Å². The van der Waals surface area contributed by atoms with Crippen LogP contribution in [0.15, 0.2) is 24.3 Å². The number of nitrogen functional groups attached to an aromatic ring is 1. The van der Waals surface area contributed by atoms with Gasteiger partial charge in [0.05, 0.1) is 0 Å². The van der Waals surface area contributed by atoms with Crippen LogP contribution in [0.3, 0.4) is 0 Å². The van der Waals surface area contributed by atoms with Gasteiger partial charge in [-0.05, 0) is 17.7 Å². The Morgan fingerprint density at radius 3 is 2.41 bits per heavy atom. The monoisotopic (exact) mass is 230 g/mol. The van der Waals surface area contributed by atoms with Gasteiger partial charge in [-0.15, -0.1) is 0 Å². The van der Waals surface area contributed by atoms with Gasteiger partial charge < -0.3 is 5.73 Å². The van der Waals surface area contributed by atoms with Gasteiger partial charge in [0.2, 0.25) is 0 Å². The SMILES string of the molecule is CC(C)c1nc(Cc2ccc(N)cc2)nn1C. The van der Waals surface area contributed by atoms with Crippen molar-refractivity contribution in [2.24, 2.45) is 7.05 Å². The Bertz CT molecular complexity index is 497. The molecule has 0 amide bonds. The lowest BCUT2D eigenvalue weighted by Crippen LogP contribution is -2.00. The third-order valence-corrected chi connectivity index (χ3v) is 2.70. The highest BCUT2D eigenvalue weighted by Crippen LogP contribution is 2.13. The Hall–Kier alpha value is -1.84. The lowest BCUT2D eigenvalue weighted by atomic mass is 10.1. The summed E-state index contributed by atoms with van der Waals surface area (Å²) >= 11 is 0. The molecule has 0 aliphatic carbocycles. The molecule has 2 aromatic rings. The summed E-state index contributed by atoms with van der Waals surface area (Å²) in [5, 5.41) is 4.42. The minimum absolute atomic E-state index is 0.396. The molecule has 1 heterocycles. The van der Waals surface area contributed by atoms with Gasteiger partial charge in [0.25, 0.3) is 0 Å². The predicted octanol–water partition coefficient (Wildman–Crippen LogP) is 2.11. The molecule has 1 aromatic carbocycles. The van der Waals surface area contributed by atoms with E-state index in [0.717, 1.165) is 23.8 Å². The third kappa shape index (κ3) is 2.64. The molecular formula is C13H18N4. The number of nitrogens with two attached hydrogens (primary N) is 1. The number of hydrogen-bond donors (Lipinski definition) is 1. The Morgan fingerprint density at radius 1 is 1.24 bits per heavy atom. The van der Waals surface area contributed by atoms with Crippen LogP contribution in [0.25, 0.3) is 0 Å². The number of aromatic nitrogens is 3. The van der Waals surface area contributed by atoms with Gasteiger partial charge in [0.15, 0.2) is 5.82 Å². The number of hydrogen-bond acceptors (Lipinski definition) is 3. The largest absolute Gasteiger partial charge is 0.399 e. The maximum atomic E-state index is 5.65. The van der Waals surface area contributed by atoms with Gasteiger partial charge in [-0.3, -0.25) is 4.68 Å². The van der Waals surface area contributed by atoms with Crippen molar-refractivity contribution in [1.29, 1.82) is 0 Å². The normalized spacial score (nSPS) is 11.1. The molecule has 0 bridgehead atoms. The van der Waals surface area contributed by atoms with Crippen molar-refractivity contribution in [3.63, 3.8) is 0 Å². The van der Waals surface area contributed by atoms with Crippen LogP contribution in [0, 0.1) is 0 Å². The predicted molar refractivity (Wildman–Crippen MR) is 68.8 cm³/mol. The van der Waals surface area contributed by atoms with Crippen LogP contribution in [-0.2, 0) is 13.5 Å². The molecule has 0 aliphatic rings. The van der Waals surface area contributed by atoms with E-state index >= 15 is 0 Å². The summed E-state index contributed by atoms with van der Waals surface area (Å²) in [6.45, 7) is 4.24. The zero-order valence-corrected chi connectivity index (χ0v) is 10.5. The van der Waals surface area contributed by atoms with Crippen LogP contribution >= 0.6 is 0 Å². The van der Waals surface area contributed by atoms with Gasteiger partial charge in [-0.25, -0.2) is 4.98 Å². The first-order chi connectivity index (χ1) is 8.06. The highest BCUT2D eigenvalue weighted by molar-refractivity contribution is 5.39. The summed E-state index contributed by atoms with van der Waals surface area (Å²) in [4.78, 5) is 4.55. The average Bonchev–Trinajstić information content (AvgIpc) is 2.63. The lowest BCUT2D eigenvalue weighted by molar-refractivity contribution is 0.653. The minimum Gasteiger partial charge on any atom is -0.399 e. The summed E-state index contributed by atoms with van der Waals surface area (Å²) in [5.41, 5.74) is 7.62. The second-order valence-corrected chi connectivity index (χ2v) is 4.58. The quantitative estimate of drug-likeness (QED) is 0.822. The second kappa shape index (κ2) is 4.57. The Balaban J connectivity index is 2.19. The van der Waals surface area contributed by atoms with Crippen molar-refractivity contribution in [3.05, 3.63) is 41.5 Å². The van der Waals surface area contributed by atoms with Crippen LogP contribution in [0.2, 0.25) is 0 Å². The highest BCUT2D eigenvalue weighted by Gasteiger charge is 2.10. The minimum atomic E-state index is 0.396. The topological polar surface area (TPSA) is 56.7 Å². The van der Waals surface area contributed by atoms with Gasteiger partial charge >= 0.3 is 0 Å². The van der Waals surface area contributed by atoms with Crippen LogP contribution in [0.5, 0.6) is 0 Å². The first-order valence-corrected chi connectivity index (χ1v) is 5.80. The van der Waals surface area contributed by atoms with Crippen LogP contribution in [-0.4, -0.2) is 14.8 Å². The molecule has 2 N–H and O–H groups in total. The molecule has 0 radical (unpaired) electrons. The highest BCUT2D eigenvalue weighted by atomic mass is 15.3. The van der Waals surface area contributed by atoms with Crippen molar-refractivity contribution < 1.29 is 0 Å². The van der Waals surface area contributed by atoms with E-state index in [-0.39, 0.29) is 0 Å². The third-order valence-electron chi connectivity index (χ3n) is 2.70. The van der Waals surface area contributed by atoms with E-state index in [1.807, 2.05) is 36.0 Å². The van der Waals surface area contributed by atoms with Crippen LogP contribution in [0.1, 0.15) is 37.0 Å². The Kier molecular flexibility index (Phi) is 3.13. The zero-order chi connectivity index (χ0) is 12.4. The average molecular weight is 230 g/mol. The molecule has 0 saturated heterocycles. The van der Waals surface area contributed by atoms with Crippen molar-refractivity contribution >= 4 is 5.69 Å². The second-order valence-electron chi connectivity index (χ2n) is 4.58. The molecule has 2 rings (SSSR count). The summed E-state index contributed by atoms with van der Waals surface area (Å²) < 4.78 is 1.86. The van der Waals surface area contributed by atoms with E-state index in [9.17, 15) is 0 Å². The molecule has 0 atom stereocenters. The van der Waals surface area contributed by atoms with Crippen molar-refractivity contribution in [2.75, 3.05) is 5.73 Å². The fourth-order valence-electron chi connectivity index (χ4n) is 1.85. The van der Waals surface area contributed by atoms with Gasteiger partial charge in [-0.2, -0.15) is 5.10 Å². The maximum Gasteiger partial charge on any atom is 0.155 e. The fraction of sp³-hybridized carbons (Fsp3) is 0.385. The Morgan fingerprint density at radius 2 is 1.88 bits per heavy atom. The number of anilines is 1. The molecule has 4 heteroatoms. The summed E-state index contributed by atoms with van der Waals surface area (Å²) in [6.07, 6.45) is 0.751. The molecule has 0 saturated carbocycles. The Labute approximate surface area is 101 Å². The summed E-state index contributed by atoms with van der Waals surface area (Å²) in [7, 11) is 1.94. The van der Waals surface area contributed by atoms with Gasteiger partial charge in [0, 0.05) is 25.1 Å². The summed E-state index contributed by atoms with van der Waals surface area (Å²) in [5.74, 6) is 2.28. The standard InChI is InChI=1S/C13H18N4/c1-9(2)13-15-12(16-17(13)3)8-10-4-6-11(14)7-5-10/h4-7,9H,8,14H2,1-3H3. The number of aryl methyl sites for hydroxylation is 1. The number of rotatable bonds is 3. The number of benzene rings is 1. The van der Waals surface area contributed by atoms with Crippen molar-refractivity contribution in [2.45, 2.75) is 26.2 Å². The van der Waals surface area contributed by atoms with Crippen molar-refractivity contribution in [1.82, 2.24) is 14.8 Å². The van der Waals surface area contributed by atoms with E-state index in [2.05, 4.69) is 23.9 Å². The molecule has 4 nitrogen and oxygen atoms in total. The molecule has 0 unspecified atom stereocenters. The van der Waals surface area contributed by atoms with Crippen LogP contribution in [0.4, 0.5) is 5.69 Å². The first-order valence-electron chi connectivity index (χ1n) is 5.80. The molecule has 90 valence electrons. The molecule has 0 aliphatic heterocycles. The first kappa shape index (κ1) is 11.6. The lowest BCUT2D eigenvalue weighted by Gasteiger charge is -2.00. The smallest absolute Gasteiger partial charge is 0.155 e. The molecule has 1 aromatic heterocycles. The maximum absolute atomic E-state index is 5.65.